The third-order valence-corrected chi connectivity index (χ3v) is 5.94. The zero-order chi connectivity index (χ0) is 13.8. The molecule has 0 spiro atoms. The van der Waals surface area contributed by atoms with Gasteiger partial charge in [0.2, 0.25) is 0 Å². The van der Waals surface area contributed by atoms with Crippen molar-refractivity contribution in [1.82, 2.24) is 0 Å². The minimum Gasteiger partial charge on any atom is -0.254 e. The molecule has 1 aliphatic rings. The Morgan fingerprint density at radius 1 is 1.16 bits per heavy atom. The van der Waals surface area contributed by atoms with Gasteiger partial charge >= 0.3 is 0 Å². The molecule has 0 aliphatic heterocycles. The first-order valence-corrected chi connectivity index (χ1v) is 8.22. The van der Waals surface area contributed by atoms with E-state index in [-0.39, 0.29) is 11.2 Å². The molecule has 1 aromatic rings. The van der Waals surface area contributed by atoms with E-state index in [1.165, 1.54) is 17.5 Å². The van der Waals surface area contributed by atoms with Gasteiger partial charge < -0.3 is 0 Å². The minimum absolute atomic E-state index is 0.00889. The molecule has 3 heteroatoms. The molecule has 0 N–H and O–H groups in total. The van der Waals surface area contributed by atoms with Gasteiger partial charge in [-0.3, -0.25) is 4.21 Å². The van der Waals surface area contributed by atoms with E-state index in [2.05, 4.69) is 13.0 Å². The number of benzene rings is 1. The SMILES string of the molecule is Cc1ccc(S(=O)C2CCCCCC2C#N)cc1C. The summed E-state index contributed by atoms with van der Waals surface area (Å²) in [7, 11) is -1.05. The third-order valence-electron chi connectivity index (χ3n) is 4.10. The molecular formula is C16H21NOS. The molecule has 0 bridgehead atoms. The summed E-state index contributed by atoms with van der Waals surface area (Å²) in [6, 6.07) is 8.38. The summed E-state index contributed by atoms with van der Waals surface area (Å²) in [5.41, 5.74) is 2.39. The van der Waals surface area contributed by atoms with Gasteiger partial charge in [0.05, 0.1) is 28.0 Å². The first-order valence-electron chi connectivity index (χ1n) is 7.01. The molecule has 0 aromatic heterocycles. The maximum absolute atomic E-state index is 12.7. The van der Waals surface area contributed by atoms with Gasteiger partial charge in [-0.2, -0.15) is 5.26 Å². The highest BCUT2D eigenvalue weighted by Crippen LogP contribution is 2.30. The molecule has 102 valence electrons. The van der Waals surface area contributed by atoms with E-state index < -0.39 is 10.8 Å². The zero-order valence-corrected chi connectivity index (χ0v) is 12.5. The van der Waals surface area contributed by atoms with E-state index in [0.29, 0.717) is 0 Å². The summed E-state index contributed by atoms with van der Waals surface area (Å²) in [4.78, 5) is 0.884. The Labute approximate surface area is 118 Å². The van der Waals surface area contributed by atoms with Crippen molar-refractivity contribution in [3.05, 3.63) is 29.3 Å². The highest BCUT2D eigenvalue weighted by atomic mass is 32.2. The Morgan fingerprint density at radius 3 is 2.58 bits per heavy atom. The van der Waals surface area contributed by atoms with Crippen molar-refractivity contribution < 1.29 is 4.21 Å². The highest BCUT2D eigenvalue weighted by molar-refractivity contribution is 7.85. The van der Waals surface area contributed by atoms with Crippen LogP contribution in [0.3, 0.4) is 0 Å². The van der Waals surface area contributed by atoms with Gasteiger partial charge in [0.1, 0.15) is 0 Å². The predicted octanol–water partition coefficient (Wildman–Crippen LogP) is 3.88. The normalized spacial score (nSPS) is 25.3. The fraction of sp³-hybridized carbons (Fsp3) is 0.562. The first-order chi connectivity index (χ1) is 9.13. The van der Waals surface area contributed by atoms with E-state index in [4.69, 9.17) is 0 Å². The molecule has 0 radical (unpaired) electrons. The van der Waals surface area contributed by atoms with Crippen LogP contribution in [0.2, 0.25) is 0 Å². The predicted molar refractivity (Wildman–Crippen MR) is 78.3 cm³/mol. The van der Waals surface area contributed by atoms with Crippen LogP contribution in [-0.2, 0) is 10.8 Å². The average molecular weight is 275 g/mol. The quantitative estimate of drug-likeness (QED) is 0.768. The highest BCUT2D eigenvalue weighted by Gasteiger charge is 2.29. The van der Waals surface area contributed by atoms with Crippen molar-refractivity contribution in [2.45, 2.75) is 56.1 Å². The summed E-state index contributed by atoms with van der Waals surface area (Å²) >= 11 is 0. The largest absolute Gasteiger partial charge is 0.254 e. The lowest BCUT2D eigenvalue weighted by molar-refractivity contribution is 0.564. The molecular weight excluding hydrogens is 254 g/mol. The van der Waals surface area contributed by atoms with E-state index >= 15 is 0 Å². The van der Waals surface area contributed by atoms with Crippen LogP contribution in [0.5, 0.6) is 0 Å². The van der Waals surface area contributed by atoms with Crippen LogP contribution in [-0.4, -0.2) is 9.46 Å². The fourth-order valence-electron chi connectivity index (χ4n) is 2.69. The van der Waals surface area contributed by atoms with Crippen LogP contribution in [0.1, 0.15) is 43.2 Å². The second kappa shape index (κ2) is 6.34. The molecule has 2 rings (SSSR count). The van der Waals surface area contributed by atoms with Gasteiger partial charge in [0, 0.05) is 4.90 Å². The number of hydrogen-bond donors (Lipinski definition) is 0. The van der Waals surface area contributed by atoms with Gasteiger partial charge in [-0.15, -0.1) is 0 Å². The molecule has 1 saturated carbocycles. The van der Waals surface area contributed by atoms with Crippen LogP contribution in [0.25, 0.3) is 0 Å². The monoisotopic (exact) mass is 275 g/mol. The van der Waals surface area contributed by atoms with E-state index in [1.807, 2.05) is 25.1 Å². The van der Waals surface area contributed by atoms with Gasteiger partial charge in [0.25, 0.3) is 0 Å². The fourth-order valence-corrected chi connectivity index (χ4v) is 4.41. The summed E-state index contributed by atoms with van der Waals surface area (Å²) in [5.74, 6) is -0.0510. The van der Waals surface area contributed by atoms with Gasteiger partial charge in [-0.1, -0.05) is 25.3 Å². The van der Waals surface area contributed by atoms with Gasteiger partial charge in [0.15, 0.2) is 0 Å². The van der Waals surface area contributed by atoms with Gasteiger partial charge in [-0.25, -0.2) is 0 Å². The summed E-state index contributed by atoms with van der Waals surface area (Å²) in [5, 5.41) is 9.31. The third kappa shape index (κ3) is 3.25. The van der Waals surface area contributed by atoms with Crippen molar-refractivity contribution in [1.29, 1.82) is 5.26 Å². The smallest absolute Gasteiger partial charge is 0.0668 e. The molecule has 19 heavy (non-hydrogen) atoms. The Morgan fingerprint density at radius 2 is 1.89 bits per heavy atom. The zero-order valence-electron chi connectivity index (χ0n) is 11.7. The van der Waals surface area contributed by atoms with Crippen LogP contribution in [0.4, 0.5) is 0 Å². The van der Waals surface area contributed by atoms with Crippen molar-refractivity contribution >= 4 is 10.8 Å². The minimum atomic E-state index is -1.05. The number of hydrogen-bond acceptors (Lipinski definition) is 2. The van der Waals surface area contributed by atoms with Crippen LogP contribution in [0, 0.1) is 31.1 Å². The standard InChI is InChI=1S/C16H21NOS/c1-12-8-9-15(10-13(12)2)19(18)16-7-5-3-4-6-14(16)11-17/h8-10,14,16H,3-7H2,1-2H3. The number of aryl methyl sites for hydroxylation is 2. The maximum Gasteiger partial charge on any atom is 0.0668 e. The number of rotatable bonds is 2. The summed E-state index contributed by atoms with van der Waals surface area (Å²) in [6.45, 7) is 4.11. The Balaban J connectivity index is 2.25. The van der Waals surface area contributed by atoms with Gasteiger partial charge in [-0.05, 0) is 49.9 Å². The van der Waals surface area contributed by atoms with Crippen LogP contribution in [0.15, 0.2) is 23.1 Å². The lowest BCUT2D eigenvalue weighted by Gasteiger charge is -2.19. The summed E-state index contributed by atoms with van der Waals surface area (Å²) in [6.07, 6.45) is 5.17. The van der Waals surface area contributed by atoms with Crippen molar-refractivity contribution in [2.24, 2.45) is 5.92 Å². The lowest BCUT2D eigenvalue weighted by Crippen LogP contribution is -2.23. The molecule has 0 amide bonds. The van der Waals surface area contributed by atoms with E-state index in [1.54, 1.807) is 0 Å². The average Bonchev–Trinajstić information content (AvgIpc) is 2.66. The Bertz CT molecular complexity index is 518. The van der Waals surface area contributed by atoms with Crippen LogP contribution >= 0.6 is 0 Å². The molecule has 1 aromatic carbocycles. The molecule has 0 saturated heterocycles. The molecule has 0 heterocycles. The van der Waals surface area contributed by atoms with Crippen molar-refractivity contribution in [3.8, 4) is 6.07 Å². The van der Waals surface area contributed by atoms with Crippen molar-refractivity contribution in [3.63, 3.8) is 0 Å². The second-order valence-electron chi connectivity index (χ2n) is 5.46. The number of nitriles is 1. The molecule has 1 aliphatic carbocycles. The molecule has 3 unspecified atom stereocenters. The molecule has 3 atom stereocenters. The van der Waals surface area contributed by atoms with Crippen LogP contribution < -0.4 is 0 Å². The van der Waals surface area contributed by atoms with E-state index in [9.17, 15) is 9.47 Å². The van der Waals surface area contributed by atoms with E-state index in [0.717, 1.165) is 30.6 Å². The Hall–Kier alpha value is -1.14. The van der Waals surface area contributed by atoms with Crippen molar-refractivity contribution in [2.75, 3.05) is 0 Å². The topological polar surface area (TPSA) is 40.9 Å². The lowest BCUT2D eigenvalue weighted by atomic mass is 10.0. The summed E-state index contributed by atoms with van der Waals surface area (Å²) < 4.78 is 12.7. The first kappa shape index (κ1) is 14.3. The number of nitrogens with zero attached hydrogens (tertiary/aromatic N) is 1. The Kier molecular flexibility index (Phi) is 4.76. The molecule has 1 fully saturated rings. The molecule has 2 nitrogen and oxygen atoms in total. The second-order valence-corrected chi connectivity index (χ2v) is 7.13. The maximum atomic E-state index is 12.7.